The van der Waals surface area contributed by atoms with Crippen molar-refractivity contribution in [3.8, 4) is 0 Å². The molecule has 1 fully saturated rings. The van der Waals surface area contributed by atoms with E-state index in [0.717, 1.165) is 35.7 Å². The Balaban J connectivity index is 1.80. The monoisotopic (exact) mass is 410 g/mol. The van der Waals surface area contributed by atoms with E-state index < -0.39 is 0 Å². The van der Waals surface area contributed by atoms with Crippen molar-refractivity contribution in [3.05, 3.63) is 22.4 Å². The lowest BCUT2D eigenvalue weighted by Gasteiger charge is -2.25. The quantitative estimate of drug-likeness (QED) is 0.758. The predicted octanol–water partition coefficient (Wildman–Crippen LogP) is 3.74. The molecule has 1 saturated carbocycles. The number of hydrogen-bond acceptors (Lipinski definition) is 5. The van der Waals surface area contributed by atoms with Crippen molar-refractivity contribution in [1.82, 2.24) is 14.6 Å². The summed E-state index contributed by atoms with van der Waals surface area (Å²) in [6.45, 7) is 6.73. The fraction of sp³-hybridized carbons (Fsp3) is 0.667. The van der Waals surface area contributed by atoms with Crippen LogP contribution in [-0.4, -0.2) is 44.6 Å². The highest BCUT2D eigenvalue weighted by Crippen LogP contribution is 2.36. The summed E-state index contributed by atoms with van der Waals surface area (Å²) in [5, 5.41) is 17.8. The number of hydrogen-bond donors (Lipinski definition) is 2. The molecule has 138 valence electrons. The molecular weight excluding hydrogens is 384 g/mol. The lowest BCUT2D eigenvalue weighted by atomic mass is 9.85. The van der Waals surface area contributed by atoms with Gasteiger partial charge in [-0.25, -0.2) is 9.50 Å². The Bertz CT molecular complexity index is 710. The Morgan fingerprint density at radius 1 is 1.32 bits per heavy atom. The van der Waals surface area contributed by atoms with Crippen molar-refractivity contribution in [3.63, 3.8) is 0 Å². The van der Waals surface area contributed by atoms with Crippen molar-refractivity contribution >= 4 is 27.4 Å². The lowest BCUT2D eigenvalue weighted by molar-refractivity contribution is 0.0741. The van der Waals surface area contributed by atoms with E-state index >= 15 is 0 Å². The van der Waals surface area contributed by atoms with Crippen LogP contribution in [0.3, 0.4) is 0 Å². The minimum atomic E-state index is -0.153. The van der Waals surface area contributed by atoms with E-state index in [-0.39, 0.29) is 18.2 Å². The first-order valence-corrected chi connectivity index (χ1v) is 9.83. The fourth-order valence-electron chi connectivity index (χ4n) is 3.30. The van der Waals surface area contributed by atoms with E-state index in [4.69, 9.17) is 9.84 Å². The molecule has 1 aliphatic carbocycles. The molecular formula is C18H27BrN4O2. The van der Waals surface area contributed by atoms with Gasteiger partial charge in [0.1, 0.15) is 0 Å². The molecule has 3 rings (SSSR count). The molecule has 1 atom stereocenters. The molecule has 0 aromatic carbocycles. The molecule has 2 heterocycles. The Kier molecular flexibility index (Phi) is 5.96. The minimum Gasteiger partial charge on any atom is -0.393 e. The number of aromatic nitrogens is 3. The van der Waals surface area contributed by atoms with E-state index in [9.17, 15) is 5.11 Å². The highest BCUT2D eigenvalue weighted by atomic mass is 79.9. The summed E-state index contributed by atoms with van der Waals surface area (Å²) < 4.78 is 8.63. The van der Waals surface area contributed by atoms with Crippen LogP contribution in [0.15, 0.2) is 16.7 Å². The maximum Gasteiger partial charge on any atom is 0.241 e. The van der Waals surface area contributed by atoms with E-state index in [1.165, 1.54) is 5.69 Å². The number of ether oxygens (including phenoxy) is 1. The van der Waals surface area contributed by atoms with E-state index in [1.54, 1.807) is 0 Å². The molecule has 0 aliphatic heterocycles. The Morgan fingerprint density at radius 3 is 2.72 bits per heavy atom. The zero-order valence-corrected chi connectivity index (χ0v) is 16.7. The molecule has 25 heavy (non-hydrogen) atoms. The average Bonchev–Trinajstić information content (AvgIpc) is 2.90. The van der Waals surface area contributed by atoms with Gasteiger partial charge < -0.3 is 15.2 Å². The molecule has 6 nitrogen and oxygen atoms in total. The predicted molar refractivity (Wildman–Crippen MR) is 102 cm³/mol. The zero-order valence-electron chi connectivity index (χ0n) is 15.1. The van der Waals surface area contributed by atoms with E-state index in [0.29, 0.717) is 18.5 Å². The highest BCUT2D eigenvalue weighted by Gasteiger charge is 2.24. The molecule has 2 aromatic heterocycles. The van der Waals surface area contributed by atoms with Crippen molar-refractivity contribution in [2.45, 2.75) is 70.6 Å². The highest BCUT2D eigenvalue weighted by molar-refractivity contribution is 9.10. The average molecular weight is 411 g/mol. The fourth-order valence-corrected chi connectivity index (χ4v) is 3.81. The van der Waals surface area contributed by atoms with Crippen molar-refractivity contribution in [2.24, 2.45) is 0 Å². The summed E-state index contributed by atoms with van der Waals surface area (Å²) >= 11 is 3.62. The van der Waals surface area contributed by atoms with Gasteiger partial charge in [-0.3, -0.25) is 0 Å². The lowest BCUT2D eigenvalue weighted by Crippen LogP contribution is -2.25. The van der Waals surface area contributed by atoms with Crippen LogP contribution in [-0.2, 0) is 4.74 Å². The van der Waals surface area contributed by atoms with Crippen molar-refractivity contribution < 1.29 is 9.84 Å². The summed E-state index contributed by atoms with van der Waals surface area (Å²) in [5.41, 5.74) is 2.16. The minimum absolute atomic E-state index is 0.132. The first-order valence-electron chi connectivity index (χ1n) is 9.04. The second-order valence-corrected chi connectivity index (χ2v) is 8.08. The summed E-state index contributed by atoms with van der Waals surface area (Å²) in [4.78, 5) is 4.44. The SMILES string of the molecule is CC(C)OC[C@H](C)Nc1ncc2c(Br)cc([C@H]3CC[C@H](O)CC3)n2n1. The summed E-state index contributed by atoms with van der Waals surface area (Å²) in [6.07, 6.45) is 5.60. The number of anilines is 1. The molecule has 0 bridgehead atoms. The molecule has 0 amide bonds. The van der Waals surface area contributed by atoms with Crippen LogP contribution < -0.4 is 5.32 Å². The molecule has 7 heteroatoms. The van der Waals surface area contributed by atoms with Gasteiger partial charge in [0, 0.05) is 22.1 Å². The van der Waals surface area contributed by atoms with Gasteiger partial charge in [0.2, 0.25) is 5.95 Å². The Morgan fingerprint density at radius 2 is 2.04 bits per heavy atom. The largest absolute Gasteiger partial charge is 0.393 e. The van der Waals surface area contributed by atoms with Gasteiger partial charge in [-0.15, -0.1) is 5.10 Å². The van der Waals surface area contributed by atoms with Crippen molar-refractivity contribution in [2.75, 3.05) is 11.9 Å². The molecule has 0 unspecified atom stereocenters. The van der Waals surface area contributed by atoms with Crippen LogP contribution in [0.1, 0.15) is 58.1 Å². The van der Waals surface area contributed by atoms with Gasteiger partial charge in [-0.2, -0.15) is 0 Å². The van der Waals surface area contributed by atoms with Gasteiger partial charge >= 0.3 is 0 Å². The van der Waals surface area contributed by atoms with Crippen LogP contribution in [0.5, 0.6) is 0 Å². The molecule has 0 radical (unpaired) electrons. The third kappa shape index (κ3) is 4.51. The number of fused-ring (bicyclic) bond motifs is 1. The van der Waals surface area contributed by atoms with E-state index in [2.05, 4.69) is 39.2 Å². The zero-order chi connectivity index (χ0) is 18.0. The third-order valence-corrected chi connectivity index (χ3v) is 5.30. The van der Waals surface area contributed by atoms with Crippen LogP contribution in [0.2, 0.25) is 0 Å². The smallest absolute Gasteiger partial charge is 0.241 e. The number of halogens is 1. The van der Waals surface area contributed by atoms with Crippen LogP contribution in [0.4, 0.5) is 5.95 Å². The molecule has 2 aromatic rings. The summed E-state index contributed by atoms with van der Waals surface area (Å²) in [5.74, 6) is 1.03. The topological polar surface area (TPSA) is 71.7 Å². The van der Waals surface area contributed by atoms with Gasteiger partial charge in [-0.1, -0.05) is 0 Å². The second kappa shape index (κ2) is 8.01. The first-order chi connectivity index (χ1) is 11.9. The Labute approximate surface area is 157 Å². The summed E-state index contributed by atoms with van der Waals surface area (Å²) in [7, 11) is 0. The third-order valence-electron chi connectivity index (χ3n) is 4.67. The van der Waals surface area contributed by atoms with Crippen LogP contribution >= 0.6 is 15.9 Å². The maximum atomic E-state index is 9.76. The van der Waals surface area contributed by atoms with Gasteiger partial charge in [0.05, 0.1) is 30.5 Å². The molecule has 1 aliphatic rings. The standard InChI is InChI=1S/C18H27BrN4O2/c1-11(2)25-10-12(3)21-18-20-9-17-15(19)8-16(23(17)22-18)13-4-6-14(24)7-5-13/h8-9,11-14,24H,4-7,10H2,1-3H3,(H,21,22)/t12-,13-,14-/m0/s1. The molecule has 2 N–H and O–H groups in total. The van der Waals surface area contributed by atoms with Crippen LogP contribution in [0, 0.1) is 0 Å². The van der Waals surface area contributed by atoms with Crippen LogP contribution in [0.25, 0.3) is 5.52 Å². The number of nitrogens with zero attached hydrogens (tertiary/aromatic N) is 3. The van der Waals surface area contributed by atoms with Crippen molar-refractivity contribution in [1.29, 1.82) is 0 Å². The maximum absolute atomic E-state index is 9.76. The number of aliphatic hydroxyl groups excluding tert-OH is 1. The summed E-state index contributed by atoms with van der Waals surface area (Å²) in [6, 6.07) is 2.27. The first kappa shape index (κ1) is 18.6. The second-order valence-electron chi connectivity index (χ2n) is 7.23. The normalized spacial score (nSPS) is 22.5. The number of rotatable bonds is 6. The number of nitrogens with one attached hydrogen (secondary N) is 1. The number of aliphatic hydroxyl groups is 1. The molecule has 0 spiro atoms. The Hall–Kier alpha value is -1.18. The van der Waals surface area contributed by atoms with Gasteiger partial charge in [0.15, 0.2) is 0 Å². The molecule has 0 saturated heterocycles. The van der Waals surface area contributed by atoms with E-state index in [1.807, 2.05) is 24.6 Å². The van der Waals surface area contributed by atoms with Gasteiger partial charge in [-0.05, 0) is 68.5 Å². The van der Waals surface area contributed by atoms with Gasteiger partial charge in [0.25, 0.3) is 0 Å².